The van der Waals surface area contributed by atoms with Gasteiger partial charge in [0, 0.05) is 19.0 Å². The van der Waals surface area contributed by atoms with Gasteiger partial charge < -0.3 is 10.6 Å². The second-order valence-corrected chi connectivity index (χ2v) is 8.78. The van der Waals surface area contributed by atoms with E-state index in [0.717, 1.165) is 31.9 Å². The molecule has 1 aromatic heterocycles. The molecule has 2 amide bonds. The number of halogens is 2. The fourth-order valence-electron chi connectivity index (χ4n) is 4.44. The molecule has 7 nitrogen and oxygen atoms in total. The molecule has 1 saturated carbocycles. The second-order valence-electron chi connectivity index (χ2n) is 8.78. The van der Waals surface area contributed by atoms with Crippen LogP contribution in [0.4, 0.5) is 20.5 Å². The summed E-state index contributed by atoms with van der Waals surface area (Å²) in [5.41, 5.74) is 0.605. The van der Waals surface area contributed by atoms with Crippen molar-refractivity contribution in [2.45, 2.75) is 70.4 Å². The molecule has 1 saturated heterocycles. The highest BCUT2D eigenvalue weighted by Gasteiger charge is 2.26. The van der Waals surface area contributed by atoms with Crippen LogP contribution in [0.1, 0.15) is 80.3 Å². The van der Waals surface area contributed by atoms with E-state index >= 15 is 0 Å². The van der Waals surface area contributed by atoms with Gasteiger partial charge in [0.05, 0.1) is 17.8 Å². The van der Waals surface area contributed by atoms with Gasteiger partial charge in [0.15, 0.2) is 11.6 Å². The third-order valence-electron chi connectivity index (χ3n) is 6.33. The van der Waals surface area contributed by atoms with Crippen LogP contribution in [0.3, 0.4) is 0 Å². The van der Waals surface area contributed by atoms with Crippen molar-refractivity contribution >= 4 is 23.6 Å². The predicted octanol–water partition coefficient (Wildman–Crippen LogP) is 4.51. The van der Waals surface area contributed by atoms with Gasteiger partial charge in [-0.1, -0.05) is 31.7 Å². The van der Waals surface area contributed by atoms with Gasteiger partial charge in [0.25, 0.3) is 5.91 Å². The number of nitrogens with one attached hydrogen (secondary N) is 2. The molecule has 0 radical (unpaired) electrons. The highest BCUT2D eigenvalue weighted by Crippen LogP contribution is 2.25. The van der Waals surface area contributed by atoms with Crippen molar-refractivity contribution in [2.75, 3.05) is 16.8 Å². The standard InChI is InChI=1S/C24H29F2N5O2/c1-15(28-24-27-14-20(26)22(30-24)31-12-6-9-21(31)32)16-10-11-18(19(25)13-16)23(33)29-17-7-4-2-3-5-8-17/h10-11,13-15,17H,2-9,12H2,1H3,(H,29,33)(H,27,28,30)/t15-/m0/s1. The SMILES string of the molecule is C[C@H](Nc1ncc(F)c(N2CCCC2=O)n1)c1ccc(C(=O)NC2CCCCCC2)c(F)c1. The maximum absolute atomic E-state index is 14.8. The fraction of sp³-hybridized carbons (Fsp3) is 0.500. The van der Waals surface area contributed by atoms with E-state index in [2.05, 4.69) is 20.6 Å². The van der Waals surface area contributed by atoms with Crippen LogP contribution in [-0.4, -0.2) is 34.4 Å². The monoisotopic (exact) mass is 457 g/mol. The molecule has 1 atom stereocenters. The zero-order valence-corrected chi connectivity index (χ0v) is 18.7. The summed E-state index contributed by atoms with van der Waals surface area (Å²) in [5, 5.41) is 5.98. The minimum Gasteiger partial charge on any atom is -0.349 e. The Morgan fingerprint density at radius 2 is 1.88 bits per heavy atom. The number of carbonyl (C=O) groups is 2. The summed E-state index contributed by atoms with van der Waals surface area (Å²) < 4.78 is 29.0. The minimum atomic E-state index is -0.668. The first kappa shape index (κ1) is 23.1. The summed E-state index contributed by atoms with van der Waals surface area (Å²) in [6.07, 6.45) is 8.39. The maximum atomic E-state index is 14.8. The lowest BCUT2D eigenvalue weighted by Crippen LogP contribution is -2.34. The average Bonchev–Trinajstić information content (AvgIpc) is 3.05. The third-order valence-corrected chi connectivity index (χ3v) is 6.33. The molecule has 2 N–H and O–H groups in total. The number of hydrogen-bond donors (Lipinski definition) is 2. The number of nitrogens with zero attached hydrogens (tertiary/aromatic N) is 3. The van der Waals surface area contributed by atoms with E-state index in [1.807, 2.05) is 0 Å². The molecule has 2 aliphatic rings. The van der Waals surface area contributed by atoms with Crippen LogP contribution in [0, 0.1) is 11.6 Å². The van der Waals surface area contributed by atoms with Gasteiger partial charge >= 0.3 is 0 Å². The normalized spacial score (nSPS) is 18.2. The molecule has 2 fully saturated rings. The van der Waals surface area contributed by atoms with Gasteiger partial charge in [0.1, 0.15) is 5.82 Å². The number of benzene rings is 1. The molecule has 176 valence electrons. The van der Waals surface area contributed by atoms with Crippen molar-refractivity contribution in [2.24, 2.45) is 0 Å². The molecule has 0 spiro atoms. The molecule has 4 rings (SSSR count). The molecule has 33 heavy (non-hydrogen) atoms. The number of rotatable bonds is 6. The van der Waals surface area contributed by atoms with E-state index in [0.29, 0.717) is 24.9 Å². The van der Waals surface area contributed by atoms with Crippen molar-refractivity contribution in [3.05, 3.63) is 47.2 Å². The van der Waals surface area contributed by atoms with Gasteiger partial charge in [-0.3, -0.25) is 14.5 Å². The largest absolute Gasteiger partial charge is 0.349 e. The van der Waals surface area contributed by atoms with Crippen molar-refractivity contribution < 1.29 is 18.4 Å². The van der Waals surface area contributed by atoms with E-state index in [4.69, 9.17) is 0 Å². The number of amides is 2. The first-order chi connectivity index (χ1) is 15.9. The Kier molecular flexibility index (Phi) is 7.15. The molecule has 0 bridgehead atoms. The molecule has 0 unspecified atom stereocenters. The van der Waals surface area contributed by atoms with E-state index in [9.17, 15) is 18.4 Å². The lowest BCUT2D eigenvalue weighted by Gasteiger charge is -2.19. The highest BCUT2D eigenvalue weighted by atomic mass is 19.1. The molecule has 2 heterocycles. The van der Waals surface area contributed by atoms with E-state index in [1.165, 1.54) is 29.9 Å². The topological polar surface area (TPSA) is 87.2 Å². The third kappa shape index (κ3) is 5.46. The summed E-state index contributed by atoms with van der Waals surface area (Å²) in [5.74, 6) is -1.76. The molecular weight excluding hydrogens is 428 g/mol. The van der Waals surface area contributed by atoms with Crippen molar-refractivity contribution in [3.63, 3.8) is 0 Å². The Bertz CT molecular complexity index is 1020. The summed E-state index contributed by atoms with van der Waals surface area (Å²) >= 11 is 0. The lowest BCUT2D eigenvalue weighted by atomic mass is 10.0. The Hall–Kier alpha value is -3.10. The van der Waals surface area contributed by atoms with Crippen LogP contribution in [0.25, 0.3) is 0 Å². The number of anilines is 2. The fourth-order valence-corrected chi connectivity index (χ4v) is 4.44. The van der Waals surface area contributed by atoms with Gasteiger partial charge in [-0.2, -0.15) is 4.98 Å². The minimum absolute atomic E-state index is 0.0167. The molecule has 1 aliphatic carbocycles. The summed E-state index contributed by atoms with van der Waals surface area (Å²) in [7, 11) is 0. The number of aromatic nitrogens is 2. The van der Waals surface area contributed by atoms with Crippen LogP contribution < -0.4 is 15.5 Å². The molecular formula is C24H29F2N5O2. The second kappa shape index (κ2) is 10.2. The predicted molar refractivity (Wildman–Crippen MR) is 121 cm³/mol. The smallest absolute Gasteiger partial charge is 0.254 e. The van der Waals surface area contributed by atoms with Crippen LogP contribution in [0.2, 0.25) is 0 Å². The highest BCUT2D eigenvalue weighted by molar-refractivity contribution is 5.95. The van der Waals surface area contributed by atoms with E-state index < -0.39 is 23.6 Å². The first-order valence-electron chi connectivity index (χ1n) is 11.6. The summed E-state index contributed by atoms with van der Waals surface area (Å²) in [6.45, 7) is 2.20. The lowest BCUT2D eigenvalue weighted by molar-refractivity contribution is -0.117. The quantitative estimate of drug-likeness (QED) is 0.624. The van der Waals surface area contributed by atoms with Crippen molar-refractivity contribution in [1.82, 2.24) is 15.3 Å². The summed E-state index contributed by atoms with van der Waals surface area (Å²) in [6, 6.07) is 4.15. The average molecular weight is 458 g/mol. The Balaban J connectivity index is 1.43. The van der Waals surface area contributed by atoms with Crippen LogP contribution in [-0.2, 0) is 4.79 Å². The van der Waals surface area contributed by atoms with Gasteiger partial charge in [-0.15, -0.1) is 0 Å². The van der Waals surface area contributed by atoms with Crippen molar-refractivity contribution in [3.8, 4) is 0 Å². The summed E-state index contributed by atoms with van der Waals surface area (Å²) in [4.78, 5) is 34.0. The molecule has 2 aromatic rings. The van der Waals surface area contributed by atoms with Crippen molar-refractivity contribution in [1.29, 1.82) is 0 Å². The first-order valence-corrected chi connectivity index (χ1v) is 11.6. The Labute approximate surface area is 192 Å². The zero-order chi connectivity index (χ0) is 23.4. The molecule has 1 aliphatic heterocycles. The molecule has 1 aromatic carbocycles. The van der Waals surface area contributed by atoms with Crippen LogP contribution in [0.5, 0.6) is 0 Å². The van der Waals surface area contributed by atoms with Gasteiger partial charge in [-0.05, 0) is 43.9 Å². The Morgan fingerprint density at radius 1 is 1.12 bits per heavy atom. The Morgan fingerprint density at radius 3 is 2.55 bits per heavy atom. The number of carbonyl (C=O) groups excluding carboxylic acids is 2. The zero-order valence-electron chi connectivity index (χ0n) is 18.7. The van der Waals surface area contributed by atoms with E-state index in [-0.39, 0.29) is 29.3 Å². The van der Waals surface area contributed by atoms with Crippen LogP contribution >= 0.6 is 0 Å². The van der Waals surface area contributed by atoms with Crippen LogP contribution in [0.15, 0.2) is 24.4 Å². The molecule has 9 heteroatoms. The van der Waals surface area contributed by atoms with Gasteiger partial charge in [0.2, 0.25) is 11.9 Å². The maximum Gasteiger partial charge on any atom is 0.254 e. The number of hydrogen-bond acceptors (Lipinski definition) is 5. The van der Waals surface area contributed by atoms with Gasteiger partial charge in [-0.25, -0.2) is 13.8 Å². The van der Waals surface area contributed by atoms with E-state index in [1.54, 1.807) is 13.0 Å².